The molecular weight excluding hydrogens is 318 g/mol. The Morgan fingerprint density at radius 1 is 1.43 bits per heavy atom. The fourth-order valence-electron chi connectivity index (χ4n) is 1.63. The third kappa shape index (κ3) is 4.75. The number of hydrogen-bond donors (Lipinski definition) is 2. The first-order valence-corrected chi connectivity index (χ1v) is 7.31. The van der Waals surface area contributed by atoms with Gasteiger partial charge in [0.2, 0.25) is 5.91 Å². The molecule has 0 saturated heterocycles. The van der Waals surface area contributed by atoms with Gasteiger partial charge in [-0.2, -0.15) is 0 Å². The lowest BCUT2D eigenvalue weighted by molar-refractivity contribution is -0.129. The van der Waals surface area contributed by atoms with Crippen molar-refractivity contribution in [3.8, 4) is 0 Å². The standard InChI is InChI=1S/C15H13N3O4S/c1-22-18-14(15(20)21)10-8-13(23-9-10)17-12(19)6-5-11-4-2-3-7-16-11/h2-9H,1H3,(H,17,19)(H,20,21)/b6-5+,18-14-. The normalized spacial score (nSPS) is 11.4. The van der Waals surface area contributed by atoms with E-state index in [9.17, 15) is 9.59 Å². The van der Waals surface area contributed by atoms with E-state index in [0.29, 0.717) is 16.3 Å². The van der Waals surface area contributed by atoms with Crippen LogP contribution in [-0.4, -0.2) is 34.8 Å². The van der Waals surface area contributed by atoms with E-state index in [-0.39, 0.29) is 11.6 Å². The minimum absolute atomic E-state index is 0.228. The van der Waals surface area contributed by atoms with E-state index < -0.39 is 5.97 Å². The number of nitrogens with zero attached hydrogens (tertiary/aromatic N) is 2. The number of anilines is 1. The number of hydrogen-bond acceptors (Lipinski definition) is 6. The van der Waals surface area contributed by atoms with Crippen molar-refractivity contribution in [2.75, 3.05) is 12.4 Å². The molecule has 0 atom stereocenters. The third-order valence-electron chi connectivity index (χ3n) is 2.60. The molecule has 0 radical (unpaired) electrons. The first kappa shape index (κ1) is 16.4. The number of carboxylic acids is 1. The molecule has 0 unspecified atom stereocenters. The highest BCUT2D eigenvalue weighted by molar-refractivity contribution is 7.14. The number of carbonyl (C=O) groups is 2. The molecule has 8 heteroatoms. The Morgan fingerprint density at radius 3 is 2.91 bits per heavy atom. The lowest BCUT2D eigenvalue weighted by Gasteiger charge is -1.98. The first-order valence-electron chi connectivity index (χ1n) is 6.43. The molecule has 2 aromatic heterocycles. The molecule has 0 saturated carbocycles. The van der Waals surface area contributed by atoms with Crippen molar-refractivity contribution < 1.29 is 19.5 Å². The number of aromatic nitrogens is 1. The topological polar surface area (TPSA) is 101 Å². The van der Waals surface area contributed by atoms with Crippen LogP contribution in [0.5, 0.6) is 0 Å². The minimum Gasteiger partial charge on any atom is -0.476 e. The Kier molecular flexibility index (Phi) is 5.59. The van der Waals surface area contributed by atoms with Crippen molar-refractivity contribution >= 4 is 40.0 Å². The summed E-state index contributed by atoms with van der Waals surface area (Å²) in [6, 6.07) is 6.89. The molecule has 23 heavy (non-hydrogen) atoms. The summed E-state index contributed by atoms with van der Waals surface area (Å²) in [5.41, 5.74) is 0.788. The summed E-state index contributed by atoms with van der Waals surface area (Å²) < 4.78 is 0. The molecule has 0 aliphatic heterocycles. The maximum Gasteiger partial charge on any atom is 0.358 e. The Bertz CT molecular complexity index is 753. The van der Waals surface area contributed by atoms with Crippen LogP contribution in [0.3, 0.4) is 0 Å². The molecule has 2 N–H and O–H groups in total. The predicted octanol–water partition coefficient (Wildman–Crippen LogP) is 2.23. The number of thiophene rings is 1. The van der Waals surface area contributed by atoms with Crippen LogP contribution in [0.25, 0.3) is 6.08 Å². The molecule has 1 amide bonds. The van der Waals surface area contributed by atoms with Gasteiger partial charge < -0.3 is 15.3 Å². The number of nitrogens with one attached hydrogen (secondary N) is 1. The van der Waals surface area contributed by atoms with Crippen molar-refractivity contribution in [3.63, 3.8) is 0 Å². The molecule has 0 aliphatic carbocycles. The zero-order chi connectivity index (χ0) is 16.7. The Balaban J connectivity index is 2.04. The van der Waals surface area contributed by atoms with Crippen LogP contribution in [0.1, 0.15) is 11.3 Å². The smallest absolute Gasteiger partial charge is 0.358 e. The summed E-state index contributed by atoms with van der Waals surface area (Å²) in [5.74, 6) is -1.55. The number of carbonyl (C=O) groups excluding carboxylic acids is 1. The zero-order valence-corrected chi connectivity index (χ0v) is 12.9. The van der Waals surface area contributed by atoms with Crippen LogP contribution in [0, 0.1) is 0 Å². The summed E-state index contributed by atoms with van der Waals surface area (Å²) in [4.78, 5) is 31.5. The van der Waals surface area contributed by atoms with Gasteiger partial charge in [0, 0.05) is 23.2 Å². The van der Waals surface area contributed by atoms with Gasteiger partial charge in [-0.3, -0.25) is 9.78 Å². The number of carboxylic acid groups (broad SMARTS) is 1. The lowest BCUT2D eigenvalue weighted by atomic mass is 10.2. The number of pyridine rings is 1. The number of amides is 1. The van der Waals surface area contributed by atoms with E-state index in [1.165, 1.54) is 30.6 Å². The van der Waals surface area contributed by atoms with Crippen LogP contribution in [-0.2, 0) is 14.4 Å². The Labute approximate surface area is 135 Å². The highest BCUT2D eigenvalue weighted by Gasteiger charge is 2.16. The van der Waals surface area contributed by atoms with Gasteiger partial charge >= 0.3 is 5.97 Å². The summed E-state index contributed by atoms with van der Waals surface area (Å²) in [7, 11) is 1.26. The van der Waals surface area contributed by atoms with Gasteiger partial charge in [-0.1, -0.05) is 11.2 Å². The van der Waals surface area contributed by atoms with Gasteiger partial charge in [-0.25, -0.2) is 4.79 Å². The van der Waals surface area contributed by atoms with Gasteiger partial charge in [-0.15, -0.1) is 11.3 Å². The molecule has 2 rings (SSSR count). The zero-order valence-electron chi connectivity index (χ0n) is 12.1. The first-order chi connectivity index (χ1) is 11.1. The average molecular weight is 331 g/mol. The maximum absolute atomic E-state index is 11.8. The van der Waals surface area contributed by atoms with Crippen LogP contribution >= 0.6 is 11.3 Å². The predicted molar refractivity (Wildman–Crippen MR) is 87.4 cm³/mol. The summed E-state index contributed by atoms with van der Waals surface area (Å²) in [5, 5.41) is 17.2. The van der Waals surface area contributed by atoms with Crippen LogP contribution in [0.2, 0.25) is 0 Å². The molecule has 2 aromatic rings. The minimum atomic E-state index is -1.21. The quantitative estimate of drug-likeness (QED) is 0.480. The SMILES string of the molecule is CO/N=C(\C(=O)O)c1csc(NC(=O)/C=C/c2ccccn2)c1. The van der Waals surface area contributed by atoms with Gasteiger partial charge in [-0.05, 0) is 24.3 Å². The fourth-order valence-corrected chi connectivity index (χ4v) is 2.42. The van der Waals surface area contributed by atoms with Gasteiger partial charge in [0.05, 0.1) is 10.7 Å². The van der Waals surface area contributed by atoms with Crippen molar-refractivity contribution in [2.24, 2.45) is 5.16 Å². The molecular formula is C15H13N3O4S. The van der Waals surface area contributed by atoms with Crippen LogP contribution in [0.15, 0.2) is 47.1 Å². The molecule has 0 aromatic carbocycles. The second-order valence-corrected chi connectivity index (χ2v) is 5.12. The van der Waals surface area contributed by atoms with Crippen molar-refractivity contribution in [2.45, 2.75) is 0 Å². The second-order valence-electron chi connectivity index (χ2n) is 4.20. The molecule has 0 spiro atoms. The third-order valence-corrected chi connectivity index (χ3v) is 3.44. The lowest BCUT2D eigenvalue weighted by Crippen LogP contribution is -2.14. The molecule has 2 heterocycles. The van der Waals surface area contributed by atoms with Gasteiger partial charge in [0.15, 0.2) is 5.71 Å². The average Bonchev–Trinajstić information content (AvgIpc) is 2.99. The van der Waals surface area contributed by atoms with E-state index >= 15 is 0 Å². The van der Waals surface area contributed by atoms with E-state index in [4.69, 9.17) is 5.11 Å². The summed E-state index contributed by atoms with van der Waals surface area (Å²) in [6.45, 7) is 0. The van der Waals surface area contributed by atoms with Gasteiger partial charge in [0.25, 0.3) is 0 Å². The Hall–Kier alpha value is -3.00. The monoisotopic (exact) mass is 331 g/mol. The number of oxime groups is 1. The molecule has 118 valence electrons. The van der Waals surface area contributed by atoms with E-state index in [1.54, 1.807) is 29.8 Å². The van der Waals surface area contributed by atoms with E-state index in [2.05, 4.69) is 20.3 Å². The molecule has 0 bridgehead atoms. The van der Waals surface area contributed by atoms with E-state index in [1.807, 2.05) is 6.07 Å². The summed E-state index contributed by atoms with van der Waals surface area (Å²) >= 11 is 1.19. The highest BCUT2D eigenvalue weighted by atomic mass is 32.1. The van der Waals surface area contributed by atoms with Crippen LogP contribution < -0.4 is 5.32 Å². The van der Waals surface area contributed by atoms with Crippen molar-refractivity contribution in [3.05, 3.63) is 53.2 Å². The molecule has 7 nitrogen and oxygen atoms in total. The largest absolute Gasteiger partial charge is 0.476 e. The number of aliphatic carboxylic acids is 1. The van der Waals surface area contributed by atoms with Crippen molar-refractivity contribution in [1.29, 1.82) is 0 Å². The molecule has 0 aliphatic rings. The van der Waals surface area contributed by atoms with E-state index in [0.717, 1.165) is 0 Å². The maximum atomic E-state index is 11.8. The fraction of sp³-hybridized carbons (Fsp3) is 0.0667. The number of rotatable bonds is 6. The van der Waals surface area contributed by atoms with Gasteiger partial charge in [0.1, 0.15) is 7.11 Å². The summed E-state index contributed by atoms with van der Waals surface area (Å²) in [6.07, 6.45) is 4.56. The Morgan fingerprint density at radius 2 is 2.26 bits per heavy atom. The molecule has 0 fully saturated rings. The highest BCUT2D eigenvalue weighted by Crippen LogP contribution is 2.21. The second kappa shape index (κ2) is 7.85. The van der Waals surface area contributed by atoms with Crippen LogP contribution in [0.4, 0.5) is 5.00 Å². The van der Waals surface area contributed by atoms with Crippen molar-refractivity contribution in [1.82, 2.24) is 4.98 Å².